The van der Waals surface area contributed by atoms with E-state index in [1.54, 1.807) is 0 Å². The largest absolute Gasteiger partial charge is 0.481 e. The van der Waals surface area contributed by atoms with Gasteiger partial charge in [0.2, 0.25) is 0 Å². The fraction of sp³-hybridized carbons (Fsp3) is 0.750. The zero-order valence-electron chi connectivity index (χ0n) is 18.3. The van der Waals surface area contributed by atoms with Crippen molar-refractivity contribution in [1.29, 1.82) is 0 Å². The Balaban J connectivity index is 2.03. The average molecular weight is 407 g/mol. The molecule has 2 rings (SSSR count). The Morgan fingerprint density at radius 2 is 2.03 bits per heavy atom. The minimum absolute atomic E-state index is 0.0412. The van der Waals surface area contributed by atoms with E-state index in [9.17, 15) is 14.7 Å². The maximum absolute atomic E-state index is 12.4. The van der Waals surface area contributed by atoms with E-state index in [0.29, 0.717) is 24.7 Å². The molecule has 164 valence electrons. The second-order valence-corrected chi connectivity index (χ2v) is 9.14. The third-order valence-electron chi connectivity index (χ3n) is 6.66. The molecule has 0 aromatic heterocycles. The summed E-state index contributed by atoms with van der Waals surface area (Å²) in [5, 5.41) is 19.4. The SMILES string of the molecule is CCC(C)C(=O)OC1CCC=C2C=CC(C)C(CCC(O)CC(C)CC(=O)O)C21. The summed E-state index contributed by atoms with van der Waals surface area (Å²) in [5.74, 6) is -0.215. The van der Waals surface area contributed by atoms with Crippen molar-refractivity contribution in [3.63, 3.8) is 0 Å². The molecular weight excluding hydrogens is 368 g/mol. The Hall–Kier alpha value is -1.62. The zero-order chi connectivity index (χ0) is 21.6. The van der Waals surface area contributed by atoms with Gasteiger partial charge in [0.15, 0.2) is 0 Å². The summed E-state index contributed by atoms with van der Waals surface area (Å²) in [6, 6.07) is 0. The summed E-state index contributed by atoms with van der Waals surface area (Å²) >= 11 is 0. The molecule has 29 heavy (non-hydrogen) atoms. The van der Waals surface area contributed by atoms with Gasteiger partial charge in [-0.25, -0.2) is 0 Å². The van der Waals surface area contributed by atoms with Crippen LogP contribution in [0.2, 0.25) is 0 Å². The number of allylic oxidation sites excluding steroid dienone is 3. The second-order valence-electron chi connectivity index (χ2n) is 9.14. The molecule has 0 aromatic rings. The van der Waals surface area contributed by atoms with E-state index in [1.165, 1.54) is 5.57 Å². The number of carboxylic acids is 1. The number of aliphatic hydroxyl groups is 1. The molecule has 0 heterocycles. The van der Waals surface area contributed by atoms with Crippen LogP contribution in [0.15, 0.2) is 23.8 Å². The highest BCUT2D eigenvalue weighted by atomic mass is 16.5. The molecule has 2 aliphatic carbocycles. The van der Waals surface area contributed by atoms with Crippen molar-refractivity contribution >= 4 is 11.9 Å². The van der Waals surface area contributed by atoms with Crippen molar-refractivity contribution in [3.05, 3.63) is 23.8 Å². The highest BCUT2D eigenvalue weighted by Crippen LogP contribution is 2.44. The number of carbonyl (C=O) groups excluding carboxylic acids is 1. The van der Waals surface area contributed by atoms with Gasteiger partial charge in [0, 0.05) is 12.3 Å². The van der Waals surface area contributed by atoms with Gasteiger partial charge in [-0.05, 0) is 61.9 Å². The Labute approximate surface area is 175 Å². The van der Waals surface area contributed by atoms with E-state index in [2.05, 4.69) is 25.2 Å². The minimum atomic E-state index is -0.821. The first-order chi connectivity index (χ1) is 13.7. The van der Waals surface area contributed by atoms with Gasteiger partial charge in [-0.1, -0.05) is 45.9 Å². The molecule has 0 radical (unpaired) electrons. The van der Waals surface area contributed by atoms with Crippen LogP contribution in [-0.4, -0.2) is 34.4 Å². The van der Waals surface area contributed by atoms with E-state index >= 15 is 0 Å². The van der Waals surface area contributed by atoms with Crippen LogP contribution >= 0.6 is 0 Å². The molecular formula is C24H38O5. The number of aliphatic carboxylic acids is 1. The second kappa shape index (κ2) is 11.0. The van der Waals surface area contributed by atoms with Crippen LogP contribution in [0, 0.1) is 29.6 Å². The molecule has 0 aliphatic heterocycles. The van der Waals surface area contributed by atoms with Gasteiger partial charge in [-0.15, -0.1) is 0 Å². The molecule has 0 spiro atoms. The van der Waals surface area contributed by atoms with Crippen LogP contribution < -0.4 is 0 Å². The maximum atomic E-state index is 12.4. The summed E-state index contributed by atoms with van der Waals surface area (Å²) < 4.78 is 5.97. The van der Waals surface area contributed by atoms with Crippen LogP contribution in [0.3, 0.4) is 0 Å². The summed E-state index contributed by atoms with van der Waals surface area (Å²) in [7, 11) is 0. The van der Waals surface area contributed by atoms with Crippen LogP contribution in [-0.2, 0) is 14.3 Å². The summed E-state index contributed by atoms with van der Waals surface area (Å²) in [6.45, 7) is 7.98. The minimum Gasteiger partial charge on any atom is -0.481 e. The van der Waals surface area contributed by atoms with Gasteiger partial charge in [-0.2, -0.15) is 0 Å². The number of fused-ring (bicyclic) bond motifs is 1. The first kappa shape index (κ1) is 23.7. The Morgan fingerprint density at radius 1 is 1.31 bits per heavy atom. The monoisotopic (exact) mass is 406 g/mol. The predicted molar refractivity (Wildman–Crippen MR) is 113 cm³/mol. The van der Waals surface area contributed by atoms with Gasteiger partial charge in [0.05, 0.1) is 12.0 Å². The molecule has 0 aromatic carbocycles. The lowest BCUT2D eigenvalue weighted by molar-refractivity contribution is -0.158. The van der Waals surface area contributed by atoms with Crippen molar-refractivity contribution in [3.8, 4) is 0 Å². The predicted octanol–water partition coefficient (Wildman–Crippen LogP) is 4.74. The molecule has 5 heteroatoms. The van der Waals surface area contributed by atoms with E-state index in [-0.39, 0.29) is 36.2 Å². The summed E-state index contributed by atoms with van der Waals surface area (Å²) in [4.78, 5) is 23.3. The van der Waals surface area contributed by atoms with Gasteiger partial charge in [0.25, 0.3) is 0 Å². The molecule has 0 amide bonds. The number of rotatable bonds is 10. The standard InChI is InChI=1S/C24H38O5/c1-5-16(3)24(28)29-21-8-6-7-18-10-9-17(4)20(23(18)21)12-11-19(25)13-15(2)14-22(26)27/h7,9-10,15-17,19-21,23,25H,5-6,8,11-14H2,1-4H3,(H,26,27). The number of carbonyl (C=O) groups is 2. The lowest BCUT2D eigenvalue weighted by atomic mass is 9.66. The summed E-state index contributed by atoms with van der Waals surface area (Å²) in [6.07, 6.45) is 10.7. The number of hydrogen-bond donors (Lipinski definition) is 2. The number of esters is 1. The molecule has 0 saturated carbocycles. The third-order valence-corrected chi connectivity index (χ3v) is 6.66. The van der Waals surface area contributed by atoms with Crippen molar-refractivity contribution in [1.82, 2.24) is 0 Å². The van der Waals surface area contributed by atoms with E-state index in [1.807, 2.05) is 20.8 Å². The lowest BCUT2D eigenvalue weighted by Crippen LogP contribution is -2.40. The van der Waals surface area contributed by atoms with E-state index < -0.39 is 12.1 Å². The molecule has 5 nitrogen and oxygen atoms in total. The maximum Gasteiger partial charge on any atom is 0.308 e. The zero-order valence-corrected chi connectivity index (χ0v) is 18.3. The van der Waals surface area contributed by atoms with Crippen LogP contribution in [0.4, 0.5) is 0 Å². The van der Waals surface area contributed by atoms with Crippen LogP contribution in [0.1, 0.15) is 72.6 Å². The van der Waals surface area contributed by atoms with Gasteiger partial charge in [0.1, 0.15) is 6.10 Å². The number of carboxylic acid groups (broad SMARTS) is 1. The average Bonchev–Trinajstić information content (AvgIpc) is 2.66. The summed E-state index contributed by atoms with van der Waals surface area (Å²) in [5.41, 5.74) is 1.26. The lowest BCUT2D eigenvalue weighted by Gasteiger charge is -2.42. The molecule has 2 N–H and O–H groups in total. The van der Waals surface area contributed by atoms with E-state index in [4.69, 9.17) is 9.84 Å². The van der Waals surface area contributed by atoms with E-state index in [0.717, 1.165) is 25.7 Å². The molecule has 7 atom stereocenters. The topological polar surface area (TPSA) is 83.8 Å². The molecule has 2 aliphatic rings. The van der Waals surface area contributed by atoms with Crippen LogP contribution in [0.5, 0.6) is 0 Å². The Bertz CT molecular complexity index is 623. The van der Waals surface area contributed by atoms with Gasteiger partial charge in [-0.3, -0.25) is 9.59 Å². The van der Waals surface area contributed by atoms with Gasteiger partial charge < -0.3 is 14.9 Å². The number of hydrogen-bond acceptors (Lipinski definition) is 4. The Morgan fingerprint density at radius 3 is 2.69 bits per heavy atom. The fourth-order valence-electron chi connectivity index (χ4n) is 4.73. The normalized spacial score (nSPS) is 29.3. The quantitative estimate of drug-likeness (QED) is 0.512. The van der Waals surface area contributed by atoms with Crippen molar-refractivity contribution in [2.75, 3.05) is 0 Å². The first-order valence-electron chi connectivity index (χ1n) is 11.2. The molecule has 0 fully saturated rings. The molecule has 0 bridgehead atoms. The molecule has 7 unspecified atom stereocenters. The highest BCUT2D eigenvalue weighted by molar-refractivity contribution is 5.72. The fourth-order valence-corrected chi connectivity index (χ4v) is 4.73. The third kappa shape index (κ3) is 6.70. The number of ether oxygens (including phenoxy) is 1. The van der Waals surface area contributed by atoms with Gasteiger partial charge >= 0.3 is 11.9 Å². The number of aliphatic hydroxyl groups excluding tert-OH is 1. The highest BCUT2D eigenvalue weighted by Gasteiger charge is 2.40. The smallest absolute Gasteiger partial charge is 0.308 e. The first-order valence-corrected chi connectivity index (χ1v) is 11.2. The Kier molecular flexibility index (Phi) is 8.94. The van der Waals surface area contributed by atoms with Crippen molar-refractivity contribution in [2.24, 2.45) is 29.6 Å². The molecule has 0 saturated heterocycles. The van der Waals surface area contributed by atoms with Crippen molar-refractivity contribution in [2.45, 2.75) is 84.8 Å². The van der Waals surface area contributed by atoms with Crippen molar-refractivity contribution < 1.29 is 24.5 Å². The van der Waals surface area contributed by atoms with Crippen LogP contribution in [0.25, 0.3) is 0 Å².